The largest absolute Gasteiger partial charge is 0.477 e. The number of hydrogen-bond acceptors (Lipinski definition) is 3. The lowest BCUT2D eigenvalue weighted by Crippen LogP contribution is -2.24. The van der Waals surface area contributed by atoms with Gasteiger partial charge < -0.3 is 9.67 Å². The Kier molecular flexibility index (Phi) is 4.02. The Morgan fingerprint density at radius 3 is 2.57 bits per heavy atom. The number of fused-ring (bicyclic) bond motifs is 1. The molecule has 0 fully saturated rings. The average molecular weight is 333 g/mol. The van der Waals surface area contributed by atoms with Crippen molar-refractivity contribution in [2.75, 3.05) is 5.75 Å². The number of benzene rings is 1. The molecular formula is C17H19NO4S. The minimum Gasteiger partial charge on any atom is -0.477 e. The van der Waals surface area contributed by atoms with Gasteiger partial charge in [0.2, 0.25) is 0 Å². The molecule has 0 saturated heterocycles. The van der Waals surface area contributed by atoms with Crippen molar-refractivity contribution in [1.82, 2.24) is 4.57 Å². The van der Waals surface area contributed by atoms with Crippen molar-refractivity contribution in [3.8, 4) is 0 Å². The molecule has 1 aliphatic heterocycles. The Hall–Kier alpha value is -2.08. The molecular weight excluding hydrogens is 314 g/mol. The summed E-state index contributed by atoms with van der Waals surface area (Å²) in [6.07, 6.45) is 1.55. The zero-order valence-electron chi connectivity index (χ0n) is 12.9. The third kappa shape index (κ3) is 3.03. The van der Waals surface area contributed by atoms with E-state index in [-0.39, 0.29) is 17.4 Å². The molecule has 3 rings (SSSR count). The molecule has 1 atom stereocenters. The van der Waals surface area contributed by atoms with E-state index in [0.29, 0.717) is 11.4 Å². The molecule has 1 aliphatic rings. The first-order valence-corrected chi connectivity index (χ1v) is 9.26. The van der Waals surface area contributed by atoms with Gasteiger partial charge in [-0.05, 0) is 44.0 Å². The summed E-state index contributed by atoms with van der Waals surface area (Å²) in [5.41, 5.74) is 2.06. The van der Waals surface area contributed by atoms with Crippen LogP contribution in [0.3, 0.4) is 0 Å². The van der Waals surface area contributed by atoms with Crippen molar-refractivity contribution < 1.29 is 18.3 Å². The van der Waals surface area contributed by atoms with Crippen molar-refractivity contribution in [2.24, 2.45) is 0 Å². The maximum Gasteiger partial charge on any atom is 0.352 e. The first-order chi connectivity index (χ1) is 10.9. The predicted octanol–water partition coefficient (Wildman–Crippen LogP) is 2.85. The van der Waals surface area contributed by atoms with Crippen LogP contribution in [0.1, 0.15) is 40.5 Å². The van der Waals surface area contributed by atoms with Crippen LogP contribution >= 0.6 is 0 Å². The Bertz CT molecular complexity index is 834. The summed E-state index contributed by atoms with van der Waals surface area (Å²) >= 11 is 0. The molecule has 1 aromatic heterocycles. The van der Waals surface area contributed by atoms with Crippen molar-refractivity contribution in [3.05, 3.63) is 53.3 Å². The molecule has 0 aliphatic carbocycles. The fourth-order valence-corrected chi connectivity index (χ4v) is 4.81. The number of aryl methyl sites for hydroxylation is 1. The molecule has 0 bridgehead atoms. The van der Waals surface area contributed by atoms with Crippen LogP contribution in [0.4, 0.5) is 0 Å². The van der Waals surface area contributed by atoms with Crippen molar-refractivity contribution in [1.29, 1.82) is 0 Å². The van der Waals surface area contributed by atoms with Crippen LogP contribution in [0.15, 0.2) is 41.3 Å². The molecule has 0 spiro atoms. The molecule has 2 aromatic rings. The van der Waals surface area contributed by atoms with E-state index in [1.165, 1.54) is 0 Å². The van der Waals surface area contributed by atoms with Crippen LogP contribution in [0.5, 0.6) is 0 Å². The molecule has 6 heteroatoms. The van der Waals surface area contributed by atoms with E-state index in [0.717, 1.165) is 24.1 Å². The van der Waals surface area contributed by atoms with E-state index >= 15 is 0 Å². The topological polar surface area (TPSA) is 76.4 Å². The Balaban J connectivity index is 1.90. The van der Waals surface area contributed by atoms with E-state index in [2.05, 4.69) is 0 Å². The van der Waals surface area contributed by atoms with Crippen LogP contribution in [-0.4, -0.2) is 29.8 Å². The zero-order valence-corrected chi connectivity index (χ0v) is 13.7. The van der Waals surface area contributed by atoms with Crippen LogP contribution in [0, 0.1) is 6.92 Å². The maximum atomic E-state index is 12.6. The van der Waals surface area contributed by atoms with Crippen LogP contribution in [0.2, 0.25) is 0 Å². The maximum absolute atomic E-state index is 12.6. The third-order valence-electron chi connectivity index (χ3n) is 4.39. The second-order valence-corrected chi connectivity index (χ2v) is 8.07. The van der Waals surface area contributed by atoms with E-state index in [1.807, 2.05) is 6.92 Å². The van der Waals surface area contributed by atoms with Gasteiger partial charge in [0.25, 0.3) is 0 Å². The van der Waals surface area contributed by atoms with E-state index < -0.39 is 15.8 Å². The summed E-state index contributed by atoms with van der Waals surface area (Å²) in [7, 11) is -3.39. The van der Waals surface area contributed by atoms with E-state index in [1.54, 1.807) is 41.0 Å². The van der Waals surface area contributed by atoms with Gasteiger partial charge in [0, 0.05) is 18.2 Å². The zero-order chi connectivity index (χ0) is 16.6. The van der Waals surface area contributed by atoms with E-state index in [4.69, 9.17) is 0 Å². The van der Waals surface area contributed by atoms with Gasteiger partial charge in [0.05, 0.1) is 10.6 Å². The van der Waals surface area contributed by atoms with Gasteiger partial charge in [-0.1, -0.05) is 17.7 Å². The number of nitrogens with zero attached hydrogens (tertiary/aromatic N) is 1. The SMILES string of the molecule is Cc1ccc(S(=O)(=O)CC2CCCn3c(C(=O)O)ccc32)cc1. The quantitative estimate of drug-likeness (QED) is 0.933. The first-order valence-electron chi connectivity index (χ1n) is 7.60. The number of aromatic nitrogens is 1. The molecule has 1 unspecified atom stereocenters. The second-order valence-electron chi connectivity index (χ2n) is 6.03. The second kappa shape index (κ2) is 5.85. The predicted molar refractivity (Wildman–Crippen MR) is 86.6 cm³/mol. The number of carboxylic acids is 1. The number of carbonyl (C=O) groups is 1. The number of carboxylic acid groups (broad SMARTS) is 1. The van der Waals surface area contributed by atoms with Gasteiger partial charge >= 0.3 is 5.97 Å². The highest BCUT2D eigenvalue weighted by Crippen LogP contribution is 2.32. The molecule has 122 valence electrons. The standard InChI is InChI=1S/C17H19NO4S/c1-12-4-6-14(7-5-12)23(21,22)11-13-3-2-10-18-15(13)8-9-16(18)17(19)20/h4-9,13H,2-3,10-11H2,1H3,(H,19,20). The van der Waals surface area contributed by atoms with Crippen LogP contribution < -0.4 is 0 Å². The molecule has 1 aromatic carbocycles. The summed E-state index contributed by atoms with van der Waals surface area (Å²) in [5, 5.41) is 9.21. The first kappa shape index (κ1) is 15.8. The van der Waals surface area contributed by atoms with Gasteiger partial charge in [0.1, 0.15) is 5.69 Å². The molecule has 1 N–H and O–H groups in total. The molecule has 0 radical (unpaired) electrons. The fraction of sp³-hybridized carbons (Fsp3) is 0.353. The highest BCUT2D eigenvalue weighted by atomic mass is 32.2. The van der Waals surface area contributed by atoms with Gasteiger partial charge in [0.15, 0.2) is 9.84 Å². The Morgan fingerprint density at radius 1 is 1.22 bits per heavy atom. The molecule has 2 heterocycles. The Labute approximate surface area is 135 Å². The highest BCUT2D eigenvalue weighted by molar-refractivity contribution is 7.91. The lowest BCUT2D eigenvalue weighted by atomic mass is 9.98. The van der Waals surface area contributed by atoms with Gasteiger partial charge in [-0.15, -0.1) is 0 Å². The Morgan fingerprint density at radius 2 is 1.91 bits per heavy atom. The average Bonchev–Trinajstić information content (AvgIpc) is 2.92. The normalized spacial score (nSPS) is 17.7. The number of rotatable bonds is 4. The summed E-state index contributed by atoms with van der Waals surface area (Å²) in [6.45, 7) is 2.54. The molecule has 0 saturated carbocycles. The molecule has 23 heavy (non-hydrogen) atoms. The highest BCUT2D eigenvalue weighted by Gasteiger charge is 2.29. The number of sulfone groups is 1. The summed E-state index contributed by atoms with van der Waals surface area (Å²) in [5.74, 6) is -1.12. The molecule has 0 amide bonds. The third-order valence-corrected chi connectivity index (χ3v) is 6.22. The fourth-order valence-electron chi connectivity index (χ4n) is 3.20. The summed E-state index contributed by atoms with van der Waals surface area (Å²) in [4.78, 5) is 11.6. The van der Waals surface area contributed by atoms with Gasteiger partial charge in [-0.2, -0.15) is 0 Å². The molecule has 5 nitrogen and oxygen atoms in total. The van der Waals surface area contributed by atoms with Crippen molar-refractivity contribution >= 4 is 15.8 Å². The van der Waals surface area contributed by atoms with Gasteiger partial charge in [-0.25, -0.2) is 13.2 Å². The van der Waals surface area contributed by atoms with Gasteiger partial charge in [-0.3, -0.25) is 0 Å². The van der Waals surface area contributed by atoms with Crippen LogP contribution in [0.25, 0.3) is 0 Å². The monoisotopic (exact) mass is 333 g/mol. The number of hydrogen-bond donors (Lipinski definition) is 1. The minimum atomic E-state index is -3.39. The number of aromatic carboxylic acids is 1. The lowest BCUT2D eigenvalue weighted by molar-refractivity contribution is 0.0683. The van der Waals surface area contributed by atoms with Crippen molar-refractivity contribution in [2.45, 2.75) is 37.1 Å². The minimum absolute atomic E-state index is 0.0130. The summed E-state index contributed by atoms with van der Waals surface area (Å²) < 4.78 is 27.0. The summed E-state index contributed by atoms with van der Waals surface area (Å²) in [6, 6.07) is 10.2. The lowest BCUT2D eigenvalue weighted by Gasteiger charge is -2.25. The van der Waals surface area contributed by atoms with Crippen LogP contribution in [-0.2, 0) is 16.4 Å². The van der Waals surface area contributed by atoms with E-state index in [9.17, 15) is 18.3 Å². The smallest absolute Gasteiger partial charge is 0.352 e. The van der Waals surface area contributed by atoms with Crippen molar-refractivity contribution in [3.63, 3.8) is 0 Å².